The maximum atomic E-state index is 12.5. The zero-order chi connectivity index (χ0) is 28.3. The van der Waals surface area contributed by atoms with Crippen LogP contribution in [0.25, 0.3) is 0 Å². The van der Waals surface area contributed by atoms with E-state index in [0.717, 1.165) is 29.9 Å². The van der Waals surface area contributed by atoms with Crippen LogP contribution in [0.15, 0.2) is 0 Å². The highest BCUT2D eigenvalue weighted by atomic mass is 79.9. The minimum Gasteiger partial charge on any atom is -1.00 e. The summed E-state index contributed by atoms with van der Waals surface area (Å²) < 4.78 is 13.5. The summed E-state index contributed by atoms with van der Waals surface area (Å²) in [4.78, 5) is 27.4. The Kier molecular flexibility index (Phi) is 9.32. The Labute approximate surface area is 260 Å². The molecule has 0 spiro atoms. The molecular formula is C34H57BrN2O4. The normalized spacial score (nSPS) is 45.8. The first-order valence-corrected chi connectivity index (χ1v) is 17.0. The van der Waals surface area contributed by atoms with E-state index in [9.17, 15) is 9.59 Å². The van der Waals surface area contributed by atoms with E-state index >= 15 is 0 Å². The average Bonchev–Trinajstić information content (AvgIpc) is 3.21. The Hall–Kier alpha value is -0.660. The smallest absolute Gasteiger partial charge is 0.303 e. The van der Waals surface area contributed by atoms with E-state index in [2.05, 4.69) is 25.8 Å². The summed E-state index contributed by atoms with van der Waals surface area (Å²) in [5.74, 6) is 2.50. The van der Waals surface area contributed by atoms with Gasteiger partial charge in [-0.1, -0.05) is 20.3 Å². The fraction of sp³-hybridized carbons (Fsp3) is 0.941. The van der Waals surface area contributed by atoms with E-state index in [1.165, 1.54) is 90.1 Å². The zero-order valence-corrected chi connectivity index (χ0v) is 28.1. The molecule has 0 radical (unpaired) electrons. The van der Waals surface area contributed by atoms with Gasteiger partial charge in [-0.05, 0) is 113 Å². The number of carbonyl (C=O) groups is 2. The number of rotatable bonds is 4. The lowest BCUT2D eigenvalue weighted by Crippen LogP contribution is -3.00. The third-order valence-corrected chi connectivity index (χ3v) is 13.7. The van der Waals surface area contributed by atoms with Crippen molar-refractivity contribution in [2.24, 2.45) is 34.5 Å². The Morgan fingerprint density at radius 3 is 2.12 bits per heavy atom. The molecule has 10 atom stereocenters. The highest BCUT2D eigenvalue weighted by Crippen LogP contribution is 2.67. The number of piperidine rings is 2. The summed E-state index contributed by atoms with van der Waals surface area (Å²) in [6.45, 7) is 13.1. The van der Waals surface area contributed by atoms with E-state index in [4.69, 9.17) is 9.47 Å². The molecule has 6 rings (SSSR count). The van der Waals surface area contributed by atoms with Gasteiger partial charge in [0.05, 0.1) is 20.1 Å². The summed E-state index contributed by atoms with van der Waals surface area (Å²) in [5, 5.41) is 0. The predicted molar refractivity (Wildman–Crippen MR) is 156 cm³/mol. The summed E-state index contributed by atoms with van der Waals surface area (Å²) in [7, 11) is 2.47. The molecule has 41 heavy (non-hydrogen) atoms. The minimum absolute atomic E-state index is 0. The number of halogens is 1. The van der Waals surface area contributed by atoms with Crippen molar-refractivity contribution in [1.29, 1.82) is 0 Å². The minimum atomic E-state index is -0.111. The first-order valence-electron chi connectivity index (χ1n) is 17.0. The third kappa shape index (κ3) is 5.56. The van der Waals surface area contributed by atoms with Crippen molar-refractivity contribution < 1.29 is 40.5 Å². The fourth-order valence-electron chi connectivity index (χ4n) is 11.7. The summed E-state index contributed by atoms with van der Waals surface area (Å²) in [6.07, 6.45) is 16.3. The van der Waals surface area contributed by atoms with Crippen LogP contribution in [0.3, 0.4) is 0 Å². The van der Waals surface area contributed by atoms with E-state index in [0.29, 0.717) is 35.3 Å². The zero-order valence-electron chi connectivity index (χ0n) is 26.5. The number of hydrogen-bond acceptors (Lipinski definition) is 5. The van der Waals surface area contributed by atoms with Gasteiger partial charge in [0.25, 0.3) is 0 Å². The molecule has 0 aromatic heterocycles. The molecule has 2 saturated heterocycles. The summed E-state index contributed by atoms with van der Waals surface area (Å²) in [5.41, 5.74) is 0.377. The number of ether oxygens (including phenoxy) is 2. The standard InChI is InChI=1S/C34H57N2O4.BrH/c1-23(37)39-31-20-25-12-13-26-27(34(25,4)22-29(31)35-16-8-6-9-17-35)14-15-33(3)28(26)21-30(32(33)40-24(2)38)36(5)18-10-7-11-19-36;/h25-32H,6-22H2,1-5H3;1H/q+1;/p-1/t25-,26+,27-,28-,29+,30+,31+,32+,33-,34-;/m1./s1. The van der Waals surface area contributed by atoms with Crippen LogP contribution < -0.4 is 17.0 Å². The highest BCUT2D eigenvalue weighted by molar-refractivity contribution is 5.66. The van der Waals surface area contributed by atoms with Gasteiger partial charge in [0.1, 0.15) is 12.1 Å². The van der Waals surface area contributed by atoms with Crippen LogP contribution >= 0.6 is 0 Å². The number of likely N-dealkylation sites (tertiary alicyclic amines) is 2. The molecule has 0 aromatic carbocycles. The molecular weight excluding hydrogens is 580 g/mol. The lowest BCUT2D eigenvalue weighted by Gasteiger charge is -2.62. The molecule has 4 aliphatic carbocycles. The van der Waals surface area contributed by atoms with E-state index in [-0.39, 0.29) is 46.5 Å². The maximum absolute atomic E-state index is 12.5. The number of nitrogens with zero attached hydrogens (tertiary/aromatic N) is 2. The molecule has 0 amide bonds. The first-order chi connectivity index (χ1) is 19.0. The SMILES string of the molecule is CC(=O)O[C@H]1C[C@H]2CC[C@H]3[C@@H](CC[C@]4(C)[C@@H]3C[C@H]([N+]3(C)CCCCC3)[C@@H]4OC(C)=O)[C@]2(C)C[C@@H]1N1CCCCC1.[Br-]. The van der Waals surface area contributed by atoms with Crippen molar-refractivity contribution in [3.63, 3.8) is 0 Å². The van der Waals surface area contributed by atoms with E-state index in [1.807, 2.05) is 0 Å². The largest absolute Gasteiger partial charge is 1.00 e. The number of carbonyl (C=O) groups excluding carboxylic acids is 2. The summed E-state index contributed by atoms with van der Waals surface area (Å²) in [6, 6.07) is 0.796. The topological polar surface area (TPSA) is 55.8 Å². The van der Waals surface area contributed by atoms with Crippen LogP contribution in [0.1, 0.15) is 111 Å². The van der Waals surface area contributed by atoms with Crippen LogP contribution in [-0.4, -0.2) is 78.8 Å². The highest BCUT2D eigenvalue weighted by Gasteiger charge is 2.67. The molecule has 0 N–H and O–H groups in total. The van der Waals surface area contributed by atoms with Gasteiger partial charge >= 0.3 is 11.9 Å². The van der Waals surface area contributed by atoms with Crippen molar-refractivity contribution in [2.75, 3.05) is 33.2 Å². The number of hydrogen-bond donors (Lipinski definition) is 0. The molecule has 0 aromatic rings. The Balaban J connectivity index is 0.00000337. The van der Waals surface area contributed by atoms with E-state index < -0.39 is 0 Å². The van der Waals surface area contributed by atoms with Crippen molar-refractivity contribution in [3.05, 3.63) is 0 Å². The molecule has 6 nitrogen and oxygen atoms in total. The van der Waals surface area contributed by atoms with Gasteiger partial charge in [-0.2, -0.15) is 0 Å². The monoisotopic (exact) mass is 636 g/mol. The second-order valence-electron chi connectivity index (χ2n) is 15.8. The summed E-state index contributed by atoms with van der Waals surface area (Å²) >= 11 is 0. The number of fused-ring (bicyclic) bond motifs is 5. The van der Waals surface area contributed by atoms with Crippen LogP contribution in [0, 0.1) is 34.5 Å². The second kappa shape index (κ2) is 12.0. The molecule has 234 valence electrons. The number of quaternary nitrogens is 1. The maximum Gasteiger partial charge on any atom is 0.303 e. The van der Waals surface area contributed by atoms with Gasteiger partial charge in [-0.15, -0.1) is 0 Å². The van der Waals surface area contributed by atoms with Gasteiger partial charge < -0.3 is 30.9 Å². The van der Waals surface area contributed by atoms with Gasteiger partial charge in [0.2, 0.25) is 0 Å². The van der Waals surface area contributed by atoms with Crippen LogP contribution in [-0.2, 0) is 19.1 Å². The quantitative estimate of drug-likeness (QED) is 0.351. The van der Waals surface area contributed by atoms with Gasteiger partial charge in [0, 0.05) is 31.7 Å². The lowest BCUT2D eigenvalue weighted by atomic mass is 9.44. The average molecular weight is 638 g/mol. The molecule has 2 aliphatic heterocycles. The number of likely N-dealkylation sites (N-methyl/N-ethyl adjacent to an activating group) is 1. The van der Waals surface area contributed by atoms with Crippen molar-refractivity contribution in [3.8, 4) is 0 Å². The lowest BCUT2D eigenvalue weighted by molar-refractivity contribution is -0.940. The van der Waals surface area contributed by atoms with Gasteiger partial charge in [-0.3, -0.25) is 14.5 Å². The van der Waals surface area contributed by atoms with Crippen LogP contribution in [0.4, 0.5) is 0 Å². The van der Waals surface area contributed by atoms with Crippen molar-refractivity contribution >= 4 is 11.9 Å². The molecule has 0 unspecified atom stereocenters. The molecule has 6 aliphatic rings. The molecule has 4 saturated carbocycles. The fourth-order valence-corrected chi connectivity index (χ4v) is 11.7. The van der Waals surface area contributed by atoms with Gasteiger partial charge in [-0.25, -0.2) is 0 Å². The third-order valence-electron chi connectivity index (χ3n) is 13.7. The van der Waals surface area contributed by atoms with Crippen molar-refractivity contribution in [1.82, 2.24) is 4.90 Å². The second-order valence-corrected chi connectivity index (χ2v) is 15.8. The van der Waals surface area contributed by atoms with Crippen molar-refractivity contribution in [2.45, 2.75) is 135 Å². The number of esters is 2. The van der Waals surface area contributed by atoms with Crippen LogP contribution in [0.5, 0.6) is 0 Å². The Morgan fingerprint density at radius 1 is 0.805 bits per heavy atom. The Morgan fingerprint density at radius 2 is 1.46 bits per heavy atom. The van der Waals surface area contributed by atoms with Crippen LogP contribution in [0.2, 0.25) is 0 Å². The molecule has 2 heterocycles. The van der Waals surface area contributed by atoms with E-state index in [1.54, 1.807) is 13.8 Å². The van der Waals surface area contributed by atoms with Gasteiger partial charge in [0.15, 0.2) is 6.10 Å². The first kappa shape index (κ1) is 31.8. The Bertz CT molecular complexity index is 964. The molecule has 0 bridgehead atoms. The predicted octanol–water partition coefficient (Wildman–Crippen LogP) is 2.97. The molecule has 6 fully saturated rings. The molecule has 7 heteroatoms.